The van der Waals surface area contributed by atoms with Crippen molar-refractivity contribution in [3.63, 3.8) is 0 Å². The maximum Gasteiger partial charge on any atom is 0.203 e. The van der Waals surface area contributed by atoms with Gasteiger partial charge in [-0.3, -0.25) is 10.8 Å². The third kappa shape index (κ3) is 6.93. The number of methoxy groups -OCH3 is 4. The predicted octanol–water partition coefficient (Wildman–Crippen LogP) is 6.93. The summed E-state index contributed by atoms with van der Waals surface area (Å²) in [4.78, 5) is 0. The molecule has 0 aliphatic carbocycles. The lowest BCUT2D eigenvalue weighted by Crippen LogP contribution is -2.20. The first kappa shape index (κ1) is 31.5. The van der Waals surface area contributed by atoms with Crippen molar-refractivity contribution in [3.8, 4) is 34.5 Å². The molecule has 0 spiro atoms. The molecule has 1 aliphatic heterocycles. The molecule has 0 fully saturated rings. The average Bonchev–Trinajstić information content (AvgIpc) is 3.37. The monoisotopic (exact) mass is 611 g/mol. The van der Waals surface area contributed by atoms with Crippen molar-refractivity contribution >= 4 is 22.4 Å². The summed E-state index contributed by atoms with van der Waals surface area (Å²) in [7, 11) is 6.48. The summed E-state index contributed by atoms with van der Waals surface area (Å²) in [6.07, 6.45) is 5.20. The van der Waals surface area contributed by atoms with E-state index in [1.54, 1.807) is 28.4 Å². The van der Waals surface area contributed by atoms with E-state index in [9.17, 15) is 0 Å². The standard InChI is InChI=1S/C36H41N3O6/c1-40-27-13-9-14-28(41-2)33(27)44-19-7-5-11-23-17-18-26-25(21-23)22-24(31-32(26)36(38)39-35(31)37)12-6-8-20-45-34-29(42-3)15-10-16-30(34)43-4/h9-10,13-18,21-22H,5-8,11-12,19-20H2,1-4H3,(H3,37,38,39). The normalized spacial score (nSPS) is 12.1. The molecule has 3 N–H and O–H groups in total. The molecular weight excluding hydrogens is 570 g/mol. The van der Waals surface area contributed by atoms with Gasteiger partial charge in [-0.1, -0.05) is 36.4 Å². The summed E-state index contributed by atoms with van der Waals surface area (Å²) in [6, 6.07) is 19.8. The van der Waals surface area contributed by atoms with E-state index in [4.69, 9.17) is 39.2 Å². The molecule has 0 unspecified atom stereocenters. The topological polar surface area (TPSA) is 115 Å². The first-order valence-electron chi connectivity index (χ1n) is 15.2. The fraction of sp³-hybridized carbons (Fsp3) is 0.333. The highest BCUT2D eigenvalue weighted by molar-refractivity contribution is 6.28. The molecule has 0 atom stereocenters. The molecular formula is C36H41N3O6. The van der Waals surface area contributed by atoms with Crippen molar-refractivity contribution in [1.29, 1.82) is 10.8 Å². The Hall–Kier alpha value is -4.92. The van der Waals surface area contributed by atoms with Gasteiger partial charge in [-0.25, -0.2) is 0 Å². The lowest BCUT2D eigenvalue weighted by Gasteiger charge is -2.15. The zero-order chi connectivity index (χ0) is 31.8. The quantitative estimate of drug-likeness (QED) is 0.118. The number of unbranched alkanes of at least 4 members (excludes halogenated alkanes) is 2. The average molecular weight is 612 g/mol. The Morgan fingerprint density at radius 3 is 1.62 bits per heavy atom. The van der Waals surface area contributed by atoms with Crippen LogP contribution < -0.4 is 33.7 Å². The van der Waals surface area contributed by atoms with E-state index in [0.717, 1.165) is 66.0 Å². The van der Waals surface area contributed by atoms with Crippen LogP contribution in [-0.4, -0.2) is 53.3 Å². The first-order valence-corrected chi connectivity index (χ1v) is 15.2. The summed E-state index contributed by atoms with van der Waals surface area (Å²) in [5.74, 6) is 4.39. The Balaban J connectivity index is 1.23. The minimum atomic E-state index is 0.283. The molecule has 0 amide bonds. The van der Waals surface area contributed by atoms with Crippen LogP contribution in [0.3, 0.4) is 0 Å². The van der Waals surface area contributed by atoms with Crippen LogP contribution in [0.5, 0.6) is 34.5 Å². The maximum absolute atomic E-state index is 8.57. The van der Waals surface area contributed by atoms with Crippen molar-refractivity contribution in [3.05, 3.63) is 82.9 Å². The first-order chi connectivity index (χ1) is 22.0. The smallest absolute Gasteiger partial charge is 0.203 e. The van der Waals surface area contributed by atoms with E-state index in [2.05, 4.69) is 29.6 Å². The van der Waals surface area contributed by atoms with E-state index in [1.807, 2.05) is 36.4 Å². The number of amidine groups is 2. The number of ether oxygens (including phenoxy) is 6. The van der Waals surface area contributed by atoms with Gasteiger partial charge in [0, 0.05) is 11.1 Å². The SMILES string of the molecule is COc1cccc(OC)c1OCCCCc1ccc2c3c(c(CCCCOc4c(OC)cccc4OC)cc2c1)C(=N)NC3=N. The van der Waals surface area contributed by atoms with Crippen LogP contribution in [0, 0.1) is 10.8 Å². The molecule has 1 heterocycles. The highest BCUT2D eigenvalue weighted by Gasteiger charge is 2.27. The molecule has 4 aromatic rings. The van der Waals surface area contributed by atoms with E-state index in [0.29, 0.717) is 47.7 Å². The molecule has 9 nitrogen and oxygen atoms in total. The Kier molecular flexibility index (Phi) is 10.3. The highest BCUT2D eigenvalue weighted by atomic mass is 16.5. The second-order valence-corrected chi connectivity index (χ2v) is 10.8. The van der Waals surface area contributed by atoms with Crippen molar-refractivity contribution in [2.75, 3.05) is 41.7 Å². The van der Waals surface area contributed by atoms with Gasteiger partial charge in [-0.05, 0) is 84.7 Å². The summed E-state index contributed by atoms with van der Waals surface area (Å²) >= 11 is 0. The fourth-order valence-electron chi connectivity index (χ4n) is 5.78. The summed E-state index contributed by atoms with van der Waals surface area (Å²) in [6.45, 7) is 1.07. The second kappa shape index (κ2) is 14.7. The molecule has 45 heavy (non-hydrogen) atoms. The van der Waals surface area contributed by atoms with Gasteiger partial charge in [0.2, 0.25) is 11.5 Å². The van der Waals surface area contributed by atoms with Gasteiger partial charge in [0.05, 0.1) is 41.7 Å². The van der Waals surface area contributed by atoms with Crippen molar-refractivity contribution in [2.45, 2.75) is 38.5 Å². The Morgan fingerprint density at radius 1 is 0.578 bits per heavy atom. The lowest BCUT2D eigenvalue weighted by molar-refractivity contribution is 0.268. The highest BCUT2D eigenvalue weighted by Crippen LogP contribution is 2.38. The van der Waals surface area contributed by atoms with Gasteiger partial charge < -0.3 is 33.7 Å². The van der Waals surface area contributed by atoms with Crippen LogP contribution >= 0.6 is 0 Å². The zero-order valence-corrected chi connectivity index (χ0v) is 26.4. The Bertz CT molecular complexity index is 1640. The molecule has 236 valence electrons. The van der Waals surface area contributed by atoms with Crippen LogP contribution in [0.2, 0.25) is 0 Å². The van der Waals surface area contributed by atoms with Gasteiger partial charge in [0.1, 0.15) is 11.7 Å². The molecule has 0 saturated carbocycles. The van der Waals surface area contributed by atoms with Crippen LogP contribution in [0.4, 0.5) is 0 Å². The number of aryl methyl sites for hydroxylation is 2. The van der Waals surface area contributed by atoms with E-state index < -0.39 is 0 Å². The van der Waals surface area contributed by atoms with E-state index in [1.165, 1.54) is 5.56 Å². The molecule has 5 rings (SSSR count). The molecule has 0 radical (unpaired) electrons. The van der Waals surface area contributed by atoms with Gasteiger partial charge in [0.15, 0.2) is 23.0 Å². The van der Waals surface area contributed by atoms with Crippen molar-refractivity contribution < 1.29 is 28.4 Å². The van der Waals surface area contributed by atoms with Crippen LogP contribution in [0.1, 0.15) is 47.9 Å². The molecule has 1 aliphatic rings. The summed E-state index contributed by atoms with van der Waals surface area (Å²) in [5, 5.41) is 22.1. The summed E-state index contributed by atoms with van der Waals surface area (Å²) < 4.78 is 33.8. The van der Waals surface area contributed by atoms with Crippen LogP contribution in [-0.2, 0) is 12.8 Å². The van der Waals surface area contributed by atoms with Crippen molar-refractivity contribution in [1.82, 2.24) is 5.32 Å². The number of hydrogen-bond donors (Lipinski definition) is 3. The van der Waals surface area contributed by atoms with Gasteiger partial charge in [-0.15, -0.1) is 0 Å². The number of hydrogen-bond acceptors (Lipinski definition) is 8. The third-order valence-electron chi connectivity index (χ3n) is 7.99. The third-order valence-corrected chi connectivity index (χ3v) is 7.99. The fourth-order valence-corrected chi connectivity index (χ4v) is 5.78. The molecule has 0 aromatic heterocycles. The van der Waals surface area contributed by atoms with Crippen LogP contribution in [0.25, 0.3) is 10.8 Å². The number of rotatable bonds is 16. The molecule has 9 heteroatoms. The molecule has 0 bridgehead atoms. The van der Waals surface area contributed by atoms with Crippen molar-refractivity contribution in [2.24, 2.45) is 0 Å². The largest absolute Gasteiger partial charge is 0.493 e. The molecule has 4 aromatic carbocycles. The number of fused-ring (bicyclic) bond motifs is 3. The zero-order valence-electron chi connectivity index (χ0n) is 26.4. The molecule has 0 saturated heterocycles. The van der Waals surface area contributed by atoms with Gasteiger partial charge >= 0.3 is 0 Å². The van der Waals surface area contributed by atoms with E-state index >= 15 is 0 Å². The minimum Gasteiger partial charge on any atom is -0.493 e. The Morgan fingerprint density at radius 2 is 1.09 bits per heavy atom. The lowest BCUT2D eigenvalue weighted by atomic mass is 9.91. The summed E-state index contributed by atoms with van der Waals surface area (Å²) in [5.41, 5.74) is 3.95. The minimum absolute atomic E-state index is 0.283. The van der Waals surface area contributed by atoms with E-state index in [-0.39, 0.29) is 11.7 Å². The van der Waals surface area contributed by atoms with Gasteiger partial charge in [0.25, 0.3) is 0 Å². The second-order valence-electron chi connectivity index (χ2n) is 10.8. The van der Waals surface area contributed by atoms with Crippen LogP contribution in [0.15, 0.2) is 60.7 Å². The number of para-hydroxylation sites is 2. The predicted molar refractivity (Wildman–Crippen MR) is 177 cm³/mol. The maximum atomic E-state index is 8.57. The number of benzene rings is 4. The Labute approximate surface area is 264 Å². The van der Waals surface area contributed by atoms with Gasteiger partial charge in [-0.2, -0.15) is 0 Å². The number of nitrogens with one attached hydrogen (secondary N) is 3.